The molecular formula is C24H29NO3. The number of aldehydes is 1. The Morgan fingerprint density at radius 1 is 1.21 bits per heavy atom. The van der Waals surface area contributed by atoms with Crippen LogP contribution in [-0.4, -0.2) is 28.7 Å². The van der Waals surface area contributed by atoms with Crippen molar-refractivity contribution in [2.75, 3.05) is 0 Å². The summed E-state index contributed by atoms with van der Waals surface area (Å²) >= 11 is 0. The lowest BCUT2D eigenvalue weighted by Crippen LogP contribution is -2.45. The minimum Gasteiger partial charge on any atom is -0.369 e. The Bertz CT molecular complexity index is 860. The van der Waals surface area contributed by atoms with Gasteiger partial charge in [0.1, 0.15) is 0 Å². The van der Waals surface area contributed by atoms with Crippen molar-refractivity contribution >= 4 is 12.1 Å². The van der Waals surface area contributed by atoms with Crippen LogP contribution >= 0.6 is 0 Å². The lowest BCUT2D eigenvalue weighted by Gasteiger charge is -2.43. The van der Waals surface area contributed by atoms with E-state index in [-0.39, 0.29) is 23.2 Å². The Labute approximate surface area is 167 Å². The number of nitrogens with zero attached hydrogens (tertiary/aromatic N) is 1. The van der Waals surface area contributed by atoms with Crippen LogP contribution in [0.1, 0.15) is 51.8 Å². The Balaban J connectivity index is 2.00. The molecule has 0 spiro atoms. The van der Waals surface area contributed by atoms with E-state index in [4.69, 9.17) is 4.74 Å². The average Bonchev–Trinajstić information content (AvgIpc) is 2.97. The second-order valence-electron chi connectivity index (χ2n) is 9.08. The molecule has 2 aliphatic rings. The van der Waals surface area contributed by atoms with Gasteiger partial charge >= 0.3 is 0 Å². The van der Waals surface area contributed by atoms with E-state index in [0.29, 0.717) is 17.4 Å². The summed E-state index contributed by atoms with van der Waals surface area (Å²) in [6, 6.07) is 8.23. The van der Waals surface area contributed by atoms with Crippen molar-refractivity contribution in [3.05, 3.63) is 71.6 Å². The molecular weight excluding hydrogens is 350 g/mol. The number of fused-ring (bicyclic) bond motifs is 1. The molecule has 1 aromatic rings. The van der Waals surface area contributed by atoms with Gasteiger partial charge in [-0.3, -0.25) is 9.59 Å². The third-order valence-electron chi connectivity index (χ3n) is 6.16. The van der Waals surface area contributed by atoms with Crippen LogP contribution in [0.15, 0.2) is 60.5 Å². The summed E-state index contributed by atoms with van der Waals surface area (Å²) in [5.74, 6) is -0.557. The maximum atomic E-state index is 12.0. The van der Waals surface area contributed by atoms with E-state index < -0.39 is 5.78 Å². The molecule has 2 atom stereocenters. The van der Waals surface area contributed by atoms with Crippen molar-refractivity contribution in [2.24, 2.45) is 5.41 Å². The summed E-state index contributed by atoms with van der Waals surface area (Å²) < 4.78 is 6.68. The number of ketones is 1. The number of Topliss-reactive ketones (excluding diaryl/α,β-unsaturated/α-hetero) is 1. The smallest absolute Gasteiger partial charge is 0.227 e. The molecule has 0 radical (unpaired) electrons. The summed E-state index contributed by atoms with van der Waals surface area (Å²) in [5.41, 5.74) is 2.93. The number of carbonyl (C=O) groups is 2. The molecule has 1 aromatic carbocycles. The molecule has 0 aromatic heterocycles. The first-order valence-electron chi connectivity index (χ1n) is 9.67. The van der Waals surface area contributed by atoms with E-state index in [0.717, 1.165) is 6.42 Å². The van der Waals surface area contributed by atoms with Crippen LogP contribution in [0.2, 0.25) is 0 Å². The highest BCUT2D eigenvalue weighted by atomic mass is 16.5. The van der Waals surface area contributed by atoms with Gasteiger partial charge in [0.05, 0.1) is 17.7 Å². The van der Waals surface area contributed by atoms with Gasteiger partial charge in [0.2, 0.25) is 5.78 Å². The van der Waals surface area contributed by atoms with Gasteiger partial charge in [-0.2, -0.15) is 0 Å². The Kier molecular flexibility index (Phi) is 5.20. The zero-order valence-corrected chi connectivity index (χ0v) is 17.4. The van der Waals surface area contributed by atoms with Crippen molar-refractivity contribution < 1.29 is 14.3 Å². The minimum atomic E-state index is -0.557. The van der Waals surface area contributed by atoms with Crippen molar-refractivity contribution in [1.29, 1.82) is 0 Å². The number of carbonyl (C=O) groups excluding carboxylic acids is 2. The third-order valence-corrected chi connectivity index (χ3v) is 6.16. The van der Waals surface area contributed by atoms with Crippen LogP contribution in [0.3, 0.4) is 0 Å². The fraction of sp³-hybridized carbons (Fsp3) is 0.417. The first kappa shape index (κ1) is 20.3. The van der Waals surface area contributed by atoms with Crippen molar-refractivity contribution in [1.82, 2.24) is 4.90 Å². The van der Waals surface area contributed by atoms with E-state index in [1.54, 1.807) is 12.3 Å². The molecule has 1 aliphatic heterocycles. The predicted octanol–water partition coefficient (Wildman–Crippen LogP) is 4.53. The summed E-state index contributed by atoms with van der Waals surface area (Å²) in [6.07, 6.45) is 6.49. The first-order chi connectivity index (χ1) is 13.0. The lowest BCUT2D eigenvalue weighted by atomic mass is 9.79. The van der Waals surface area contributed by atoms with Crippen LogP contribution in [0.4, 0.5) is 0 Å². The van der Waals surface area contributed by atoms with Gasteiger partial charge in [0, 0.05) is 24.4 Å². The van der Waals surface area contributed by atoms with Gasteiger partial charge in [0.15, 0.2) is 6.29 Å². The monoisotopic (exact) mass is 379 g/mol. The quantitative estimate of drug-likeness (QED) is 0.557. The largest absolute Gasteiger partial charge is 0.369 e. The van der Waals surface area contributed by atoms with Gasteiger partial charge in [-0.05, 0) is 42.0 Å². The van der Waals surface area contributed by atoms with Gasteiger partial charge in [-0.15, -0.1) is 0 Å². The molecule has 4 heteroatoms. The van der Waals surface area contributed by atoms with Gasteiger partial charge in [-0.25, -0.2) is 0 Å². The summed E-state index contributed by atoms with van der Waals surface area (Å²) in [7, 11) is 0. The predicted molar refractivity (Wildman–Crippen MR) is 111 cm³/mol. The molecule has 0 fully saturated rings. The molecule has 148 valence electrons. The molecule has 28 heavy (non-hydrogen) atoms. The number of hydrogen-bond donors (Lipinski definition) is 0. The molecule has 1 aliphatic carbocycles. The van der Waals surface area contributed by atoms with Crippen LogP contribution in [0.25, 0.3) is 0 Å². The van der Waals surface area contributed by atoms with Crippen molar-refractivity contribution in [3.8, 4) is 0 Å². The van der Waals surface area contributed by atoms with Crippen LogP contribution in [0, 0.1) is 5.41 Å². The van der Waals surface area contributed by atoms with Gasteiger partial charge < -0.3 is 9.64 Å². The zero-order chi connectivity index (χ0) is 20.7. The van der Waals surface area contributed by atoms with Crippen LogP contribution < -0.4 is 0 Å². The number of rotatable bonds is 5. The topological polar surface area (TPSA) is 46.6 Å². The van der Waals surface area contributed by atoms with Gasteiger partial charge in [0.25, 0.3) is 0 Å². The van der Waals surface area contributed by atoms with E-state index in [1.165, 1.54) is 11.1 Å². The van der Waals surface area contributed by atoms with E-state index >= 15 is 0 Å². The van der Waals surface area contributed by atoms with Gasteiger partial charge in [-0.1, -0.05) is 51.6 Å². The van der Waals surface area contributed by atoms with E-state index in [1.807, 2.05) is 23.2 Å². The molecule has 0 N–H and O–H groups in total. The highest BCUT2D eigenvalue weighted by Gasteiger charge is 2.43. The normalized spacial score (nSPS) is 22.1. The average molecular weight is 380 g/mol. The molecule has 0 bridgehead atoms. The molecule has 1 heterocycles. The second kappa shape index (κ2) is 7.17. The number of benzene rings is 1. The standard InChI is InChI=1S/C24H29NO3/c1-16-11-12-25(14-19(16)20(27)15-26)22-18-10-8-7-9-17(18)13-21(22)28-24(5,6)23(2,3)4/h7-12,14-15,21-22H,1,13H2,2-6H3/t21-,22+/m1/s1. The fourth-order valence-electron chi connectivity index (χ4n) is 3.55. The van der Waals surface area contributed by atoms with E-state index in [2.05, 4.69) is 53.3 Å². The van der Waals surface area contributed by atoms with Crippen LogP contribution in [0.5, 0.6) is 0 Å². The SMILES string of the molecule is C=C1C=CN([C@H]2c3ccccc3C[C@H]2OC(C)(C)C(C)(C)C)C=C1C(=O)C=O. The molecule has 0 unspecified atom stereocenters. The van der Waals surface area contributed by atoms with Crippen molar-refractivity contribution in [3.63, 3.8) is 0 Å². The number of ether oxygens (including phenoxy) is 1. The Morgan fingerprint density at radius 3 is 2.54 bits per heavy atom. The van der Waals surface area contributed by atoms with Crippen LogP contribution in [-0.2, 0) is 20.7 Å². The molecule has 0 saturated heterocycles. The zero-order valence-electron chi connectivity index (χ0n) is 17.4. The summed E-state index contributed by atoms with van der Waals surface area (Å²) in [6.45, 7) is 14.7. The summed E-state index contributed by atoms with van der Waals surface area (Å²) in [5, 5.41) is 0. The lowest BCUT2D eigenvalue weighted by molar-refractivity contribution is -0.143. The maximum Gasteiger partial charge on any atom is 0.227 e. The van der Waals surface area contributed by atoms with Crippen molar-refractivity contribution in [2.45, 2.75) is 58.8 Å². The van der Waals surface area contributed by atoms with E-state index in [9.17, 15) is 9.59 Å². The second-order valence-corrected chi connectivity index (χ2v) is 9.08. The Hall–Kier alpha value is -2.46. The fourth-order valence-corrected chi connectivity index (χ4v) is 3.55. The first-order valence-corrected chi connectivity index (χ1v) is 9.67. The maximum absolute atomic E-state index is 12.0. The highest BCUT2D eigenvalue weighted by Crippen LogP contribution is 2.44. The molecule has 4 nitrogen and oxygen atoms in total. The minimum absolute atomic E-state index is 0.0349. The summed E-state index contributed by atoms with van der Waals surface area (Å²) in [4.78, 5) is 25.1. The molecule has 3 rings (SSSR count). The number of allylic oxidation sites excluding steroid dienone is 3. The molecule has 0 saturated carbocycles. The number of hydrogen-bond acceptors (Lipinski definition) is 4. The highest BCUT2D eigenvalue weighted by molar-refractivity contribution is 6.34. The third kappa shape index (κ3) is 3.61. The Morgan fingerprint density at radius 2 is 1.89 bits per heavy atom. The molecule has 0 amide bonds.